The van der Waals surface area contributed by atoms with E-state index in [-0.39, 0.29) is 17.8 Å². The summed E-state index contributed by atoms with van der Waals surface area (Å²) in [7, 11) is 0. The molecule has 0 saturated carbocycles. The number of carbonyl (C=O) groups is 3. The molecule has 38 heavy (non-hydrogen) atoms. The quantitative estimate of drug-likeness (QED) is 0.324. The van der Waals surface area contributed by atoms with Crippen molar-refractivity contribution in [1.82, 2.24) is 20.1 Å². The van der Waals surface area contributed by atoms with Crippen molar-refractivity contribution in [3.05, 3.63) is 96.3 Å². The maximum Gasteiger partial charge on any atom is 0.573 e. The van der Waals surface area contributed by atoms with Crippen LogP contribution in [0.1, 0.15) is 15.9 Å². The molecule has 9 nitrogen and oxygen atoms in total. The summed E-state index contributed by atoms with van der Waals surface area (Å²) in [6, 6.07) is 17.4. The second-order valence-corrected chi connectivity index (χ2v) is 8.04. The van der Waals surface area contributed by atoms with Crippen molar-refractivity contribution >= 4 is 17.6 Å². The summed E-state index contributed by atoms with van der Waals surface area (Å²) in [5.74, 6) is -3.38. The molecule has 0 aliphatic rings. The van der Waals surface area contributed by atoms with Crippen molar-refractivity contribution in [3.63, 3.8) is 0 Å². The van der Waals surface area contributed by atoms with Crippen LogP contribution in [0, 0.1) is 0 Å². The largest absolute Gasteiger partial charge is 0.573 e. The summed E-state index contributed by atoms with van der Waals surface area (Å²) in [6.07, 6.45) is -1.99. The standard InChI is InChI=1S/C26H20F3N5O4/c27-26(28,29)38-18-10-8-16(9-11-18)15-21(22(35)23(30)36)32-25(37)19-7-4-13-31-24(19)34-14-12-20(33-34)17-5-2-1-3-6-17/h1-14,21H,15H2,(H2,30,36)(H,32,37). The minimum absolute atomic E-state index is 0.0615. The maximum atomic E-state index is 13.2. The number of hydrogen-bond acceptors (Lipinski definition) is 6. The molecule has 2 aromatic heterocycles. The molecule has 2 heterocycles. The SMILES string of the molecule is NC(=O)C(=O)C(Cc1ccc(OC(F)(F)F)cc1)NC(=O)c1cccnc1-n1ccc(-c2ccccc2)n1. The summed E-state index contributed by atoms with van der Waals surface area (Å²) in [5.41, 5.74) is 7.07. The number of hydrogen-bond donors (Lipinski definition) is 2. The number of pyridine rings is 1. The van der Waals surface area contributed by atoms with Gasteiger partial charge in [-0.3, -0.25) is 14.4 Å². The van der Waals surface area contributed by atoms with Gasteiger partial charge in [-0.15, -0.1) is 13.2 Å². The van der Waals surface area contributed by atoms with Gasteiger partial charge in [-0.1, -0.05) is 42.5 Å². The van der Waals surface area contributed by atoms with Crippen LogP contribution in [-0.2, 0) is 16.0 Å². The van der Waals surface area contributed by atoms with Gasteiger partial charge in [0.25, 0.3) is 11.8 Å². The zero-order chi connectivity index (χ0) is 27.3. The highest BCUT2D eigenvalue weighted by Gasteiger charge is 2.31. The number of carbonyl (C=O) groups excluding carboxylic acids is 3. The summed E-state index contributed by atoms with van der Waals surface area (Å²) in [6.45, 7) is 0. The highest BCUT2D eigenvalue weighted by atomic mass is 19.4. The molecule has 0 aliphatic carbocycles. The number of amides is 2. The molecule has 194 valence electrons. The molecule has 12 heteroatoms. The molecule has 0 aliphatic heterocycles. The smallest absolute Gasteiger partial charge is 0.406 e. The van der Waals surface area contributed by atoms with Crippen molar-refractivity contribution in [3.8, 4) is 22.8 Å². The molecule has 2 aromatic carbocycles. The van der Waals surface area contributed by atoms with Gasteiger partial charge in [0.15, 0.2) is 5.82 Å². The zero-order valence-electron chi connectivity index (χ0n) is 19.6. The first-order valence-corrected chi connectivity index (χ1v) is 11.2. The number of Topliss-reactive ketones (excluding diaryl/α,β-unsaturated/α-hetero) is 1. The van der Waals surface area contributed by atoms with Crippen LogP contribution >= 0.6 is 0 Å². The molecule has 1 atom stereocenters. The number of ketones is 1. The van der Waals surface area contributed by atoms with Crippen LogP contribution in [0.2, 0.25) is 0 Å². The molecule has 0 spiro atoms. The number of nitrogens with one attached hydrogen (secondary N) is 1. The highest BCUT2D eigenvalue weighted by molar-refractivity contribution is 6.38. The van der Waals surface area contributed by atoms with Crippen LogP contribution in [0.25, 0.3) is 17.1 Å². The van der Waals surface area contributed by atoms with Gasteiger partial charge in [-0.2, -0.15) is 5.10 Å². The van der Waals surface area contributed by atoms with Crippen LogP contribution in [0.5, 0.6) is 5.75 Å². The first kappa shape index (κ1) is 26.1. The topological polar surface area (TPSA) is 129 Å². The van der Waals surface area contributed by atoms with E-state index in [9.17, 15) is 27.6 Å². The fraction of sp³-hybridized carbons (Fsp3) is 0.115. The minimum atomic E-state index is -4.86. The number of alkyl halides is 3. The van der Waals surface area contributed by atoms with Crippen LogP contribution in [0.15, 0.2) is 85.2 Å². The molecule has 4 rings (SSSR count). The number of rotatable bonds is 9. The fourth-order valence-electron chi connectivity index (χ4n) is 3.64. The fourth-order valence-corrected chi connectivity index (χ4v) is 3.64. The van der Waals surface area contributed by atoms with Gasteiger partial charge in [0.1, 0.15) is 11.8 Å². The summed E-state index contributed by atoms with van der Waals surface area (Å²) < 4.78 is 42.5. The van der Waals surface area contributed by atoms with Gasteiger partial charge in [0.05, 0.1) is 11.3 Å². The van der Waals surface area contributed by atoms with Crippen molar-refractivity contribution in [2.75, 3.05) is 0 Å². The first-order chi connectivity index (χ1) is 18.1. The Balaban J connectivity index is 1.56. The number of primary amides is 1. The van der Waals surface area contributed by atoms with Crippen molar-refractivity contribution < 1.29 is 32.3 Å². The lowest BCUT2D eigenvalue weighted by Crippen LogP contribution is -2.47. The number of aromatic nitrogens is 3. The number of ether oxygens (including phenoxy) is 1. The van der Waals surface area contributed by atoms with Crippen LogP contribution < -0.4 is 15.8 Å². The Morgan fingerprint density at radius 2 is 1.68 bits per heavy atom. The van der Waals surface area contributed by atoms with E-state index in [4.69, 9.17) is 5.73 Å². The molecule has 3 N–H and O–H groups in total. The number of halogens is 3. The van der Waals surface area contributed by atoms with E-state index in [1.54, 1.807) is 12.3 Å². The van der Waals surface area contributed by atoms with Crippen LogP contribution in [-0.4, -0.2) is 44.8 Å². The monoisotopic (exact) mass is 523 g/mol. The molecule has 1 unspecified atom stereocenters. The van der Waals surface area contributed by atoms with E-state index in [1.165, 1.54) is 35.1 Å². The van der Waals surface area contributed by atoms with E-state index in [1.807, 2.05) is 30.3 Å². The molecule has 0 radical (unpaired) electrons. The maximum absolute atomic E-state index is 13.2. The zero-order valence-corrected chi connectivity index (χ0v) is 19.6. The molecule has 0 saturated heterocycles. The second-order valence-electron chi connectivity index (χ2n) is 8.04. The number of nitrogens with zero attached hydrogens (tertiary/aromatic N) is 3. The lowest BCUT2D eigenvalue weighted by atomic mass is 10.0. The predicted octanol–water partition coefficient (Wildman–Crippen LogP) is 3.23. The van der Waals surface area contributed by atoms with E-state index in [0.717, 1.165) is 17.7 Å². The Morgan fingerprint density at radius 1 is 0.974 bits per heavy atom. The molecule has 2 amide bonds. The van der Waals surface area contributed by atoms with E-state index >= 15 is 0 Å². The Hall–Kier alpha value is -5.00. The summed E-state index contributed by atoms with van der Waals surface area (Å²) in [5, 5.41) is 6.96. The van der Waals surface area contributed by atoms with Crippen LogP contribution in [0.4, 0.5) is 13.2 Å². The van der Waals surface area contributed by atoms with Gasteiger partial charge in [0, 0.05) is 24.4 Å². The lowest BCUT2D eigenvalue weighted by Gasteiger charge is -2.18. The number of benzene rings is 2. The van der Waals surface area contributed by atoms with Gasteiger partial charge >= 0.3 is 6.36 Å². The highest BCUT2D eigenvalue weighted by Crippen LogP contribution is 2.23. The van der Waals surface area contributed by atoms with Crippen molar-refractivity contribution in [2.24, 2.45) is 5.73 Å². The normalized spacial score (nSPS) is 12.0. The van der Waals surface area contributed by atoms with Crippen molar-refractivity contribution in [2.45, 2.75) is 18.8 Å². The summed E-state index contributed by atoms with van der Waals surface area (Å²) in [4.78, 5) is 41.6. The third-order valence-corrected chi connectivity index (χ3v) is 5.37. The van der Waals surface area contributed by atoms with Crippen LogP contribution in [0.3, 0.4) is 0 Å². The second kappa shape index (κ2) is 10.9. The summed E-state index contributed by atoms with van der Waals surface area (Å²) >= 11 is 0. The van der Waals surface area contributed by atoms with Gasteiger partial charge in [-0.25, -0.2) is 9.67 Å². The molecule has 4 aromatic rings. The third-order valence-electron chi connectivity index (χ3n) is 5.37. The average Bonchev–Trinajstić information content (AvgIpc) is 3.39. The van der Waals surface area contributed by atoms with Gasteiger partial charge in [-0.05, 0) is 35.9 Å². The number of nitrogens with two attached hydrogens (primary N) is 1. The van der Waals surface area contributed by atoms with E-state index in [2.05, 4.69) is 20.1 Å². The third kappa shape index (κ3) is 6.40. The van der Waals surface area contributed by atoms with E-state index in [0.29, 0.717) is 11.3 Å². The Labute approximate surface area is 214 Å². The minimum Gasteiger partial charge on any atom is -0.406 e. The van der Waals surface area contributed by atoms with Crippen molar-refractivity contribution in [1.29, 1.82) is 0 Å². The Bertz CT molecular complexity index is 1450. The Morgan fingerprint density at radius 3 is 2.34 bits per heavy atom. The first-order valence-electron chi connectivity index (χ1n) is 11.2. The molecule has 0 fully saturated rings. The molecule has 0 bridgehead atoms. The predicted molar refractivity (Wildman–Crippen MR) is 129 cm³/mol. The van der Waals surface area contributed by atoms with Gasteiger partial charge in [0.2, 0.25) is 5.78 Å². The Kier molecular flexibility index (Phi) is 7.51. The van der Waals surface area contributed by atoms with E-state index < -0.39 is 35.8 Å². The van der Waals surface area contributed by atoms with Gasteiger partial charge < -0.3 is 15.8 Å². The average molecular weight is 523 g/mol. The lowest BCUT2D eigenvalue weighted by molar-refractivity contribution is -0.274. The molecular weight excluding hydrogens is 503 g/mol. The molecular formula is C26H20F3N5O4.